The largest absolute Gasteiger partial charge is 0.464 e. The van der Waals surface area contributed by atoms with Crippen LogP contribution in [0.1, 0.15) is 34.6 Å². The molecule has 0 aliphatic rings. The zero-order chi connectivity index (χ0) is 10.9. The van der Waals surface area contributed by atoms with E-state index in [4.69, 9.17) is 4.74 Å². The second-order valence-corrected chi connectivity index (χ2v) is 2.97. The molecule has 0 aromatic heterocycles. The topological polar surface area (TPSA) is 38.3 Å². The SMILES string of the molecule is CC.CNC(C)COC(=O)C(C)C. The van der Waals surface area contributed by atoms with E-state index >= 15 is 0 Å². The number of ether oxygens (including phenoxy) is 1. The van der Waals surface area contributed by atoms with Crippen LogP contribution in [0.5, 0.6) is 0 Å². The number of esters is 1. The summed E-state index contributed by atoms with van der Waals surface area (Å²) < 4.78 is 4.95. The Morgan fingerprint density at radius 1 is 1.31 bits per heavy atom. The molecule has 1 N–H and O–H groups in total. The lowest BCUT2D eigenvalue weighted by Gasteiger charge is -2.11. The van der Waals surface area contributed by atoms with Gasteiger partial charge in [-0.25, -0.2) is 0 Å². The average Bonchev–Trinajstić information content (AvgIpc) is 2.16. The van der Waals surface area contributed by atoms with Gasteiger partial charge in [-0.15, -0.1) is 0 Å². The monoisotopic (exact) mass is 189 g/mol. The van der Waals surface area contributed by atoms with Crippen LogP contribution in [0.25, 0.3) is 0 Å². The maximum Gasteiger partial charge on any atom is 0.308 e. The molecule has 0 amide bonds. The fraction of sp³-hybridized carbons (Fsp3) is 0.900. The molecule has 0 aromatic rings. The van der Waals surface area contributed by atoms with Crippen LogP contribution in [0.3, 0.4) is 0 Å². The standard InChI is InChI=1S/C8H17NO2.C2H6/c1-6(2)8(10)11-5-7(3)9-4;1-2/h6-7,9H,5H2,1-4H3;1-2H3. The Labute approximate surface area is 81.9 Å². The molecule has 0 saturated heterocycles. The summed E-state index contributed by atoms with van der Waals surface area (Å²) in [5.41, 5.74) is 0. The van der Waals surface area contributed by atoms with Gasteiger partial charge in [0.1, 0.15) is 6.61 Å². The highest BCUT2D eigenvalue weighted by Crippen LogP contribution is 1.96. The summed E-state index contributed by atoms with van der Waals surface area (Å²) in [7, 11) is 1.84. The van der Waals surface area contributed by atoms with E-state index in [1.54, 1.807) is 0 Å². The molecule has 0 aliphatic carbocycles. The minimum Gasteiger partial charge on any atom is -0.464 e. The Bertz CT molecular complexity index is 124. The van der Waals surface area contributed by atoms with Gasteiger partial charge in [0.25, 0.3) is 0 Å². The third-order valence-corrected chi connectivity index (χ3v) is 1.44. The zero-order valence-corrected chi connectivity index (χ0v) is 9.68. The van der Waals surface area contributed by atoms with Gasteiger partial charge in [-0.1, -0.05) is 27.7 Å². The summed E-state index contributed by atoms with van der Waals surface area (Å²) in [5, 5.41) is 2.98. The molecule has 0 heterocycles. The van der Waals surface area contributed by atoms with Crippen LogP contribution < -0.4 is 5.32 Å². The molecule has 0 fully saturated rings. The third-order valence-electron chi connectivity index (χ3n) is 1.44. The van der Waals surface area contributed by atoms with Crippen molar-refractivity contribution in [2.75, 3.05) is 13.7 Å². The number of hydrogen-bond acceptors (Lipinski definition) is 3. The molecule has 0 rings (SSSR count). The summed E-state index contributed by atoms with van der Waals surface area (Å²) >= 11 is 0. The van der Waals surface area contributed by atoms with Crippen molar-refractivity contribution in [3.05, 3.63) is 0 Å². The Kier molecular flexibility index (Phi) is 10.9. The molecular formula is C10H23NO2. The number of likely N-dealkylation sites (N-methyl/N-ethyl adjacent to an activating group) is 1. The summed E-state index contributed by atoms with van der Waals surface area (Å²) in [6, 6.07) is 0.234. The minimum atomic E-state index is -0.132. The normalized spacial score (nSPS) is 11.6. The number of rotatable bonds is 4. The molecule has 0 aromatic carbocycles. The maximum absolute atomic E-state index is 10.9. The van der Waals surface area contributed by atoms with E-state index < -0.39 is 0 Å². The minimum absolute atomic E-state index is 0.0287. The molecular weight excluding hydrogens is 166 g/mol. The second kappa shape index (κ2) is 9.52. The smallest absolute Gasteiger partial charge is 0.308 e. The summed E-state index contributed by atoms with van der Waals surface area (Å²) in [4.78, 5) is 10.9. The van der Waals surface area contributed by atoms with Crippen LogP contribution in [0, 0.1) is 5.92 Å². The first-order chi connectivity index (χ1) is 6.07. The highest BCUT2D eigenvalue weighted by atomic mass is 16.5. The third kappa shape index (κ3) is 9.34. The summed E-state index contributed by atoms with van der Waals surface area (Å²) in [6.45, 7) is 10.1. The average molecular weight is 189 g/mol. The van der Waals surface area contributed by atoms with Gasteiger partial charge < -0.3 is 10.1 Å². The molecule has 0 bridgehead atoms. The number of nitrogens with one attached hydrogen (secondary N) is 1. The van der Waals surface area contributed by atoms with E-state index in [-0.39, 0.29) is 17.9 Å². The molecule has 3 heteroatoms. The quantitative estimate of drug-likeness (QED) is 0.686. The molecule has 1 atom stereocenters. The predicted octanol–water partition coefficient (Wildman–Crippen LogP) is 1.82. The van der Waals surface area contributed by atoms with Crippen LogP contribution in [0.4, 0.5) is 0 Å². The highest BCUT2D eigenvalue weighted by molar-refractivity contribution is 5.71. The van der Waals surface area contributed by atoms with Gasteiger partial charge in [0.05, 0.1) is 5.92 Å². The van der Waals surface area contributed by atoms with Crippen molar-refractivity contribution in [1.82, 2.24) is 5.32 Å². The Hall–Kier alpha value is -0.570. The summed E-state index contributed by atoms with van der Waals surface area (Å²) in [6.07, 6.45) is 0. The van der Waals surface area contributed by atoms with E-state index in [2.05, 4.69) is 5.32 Å². The van der Waals surface area contributed by atoms with Crippen molar-refractivity contribution in [3.8, 4) is 0 Å². The number of carbonyl (C=O) groups excluding carboxylic acids is 1. The van der Waals surface area contributed by atoms with E-state index in [1.807, 2.05) is 41.7 Å². The van der Waals surface area contributed by atoms with Crippen LogP contribution in [0.2, 0.25) is 0 Å². The molecule has 13 heavy (non-hydrogen) atoms. The molecule has 0 spiro atoms. The molecule has 0 aliphatic heterocycles. The molecule has 1 unspecified atom stereocenters. The number of carbonyl (C=O) groups is 1. The molecule has 0 radical (unpaired) electrons. The number of hydrogen-bond donors (Lipinski definition) is 1. The van der Waals surface area contributed by atoms with E-state index in [9.17, 15) is 4.79 Å². The fourth-order valence-electron chi connectivity index (χ4n) is 0.457. The first-order valence-electron chi connectivity index (χ1n) is 4.91. The van der Waals surface area contributed by atoms with Gasteiger partial charge in [0.2, 0.25) is 0 Å². The van der Waals surface area contributed by atoms with Gasteiger partial charge >= 0.3 is 5.97 Å². The fourth-order valence-corrected chi connectivity index (χ4v) is 0.457. The van der Waals surface area contributed by atoms with Crippen molar-refractivity contribution in [3.63, 3.8) is 0 Å². The lowest BCUT2D eigenvalue weighted by atomic mass is 10.2. The Balaban J connectivity index is 0. The summed E-state index contributed by atoms with van der Waals surface area (Å²) in [5.74, 6) is -0.161. The lowest BCUT2D eigenvalue weighted by Crippen LogP contribution is -2.29. The van der Waals surface area contributed by atoms with Gasteiger partial charge in [0, 0.05) is 6.04 Å². The lowest BCUT2D eigenvalue weighted by molar-refractivity contribution is -0.147. The van der Waals surface area contributed by atoms with Crippen molar-refractivity contribution in [1.29, 1.82) is 0 Å². The van der Waals surface area contributed by atoms with Crippen molar-refractivity contribution >= 4 is 5.97 Å². The van der Waals surface area contributed by atoms with Gasteiger partial charge in [-0.05, 0) is 14.0 Å². The Morgan fingerprint density at radius 2 is 1.77 bits per heavy atom. The zero-order valence-electron chi connectivity index (χ0n) is 9.68. The highest BCUT2D eigenvalue weighted by Gasteiger charge is 2.09. The van der Waals surface area contributed by atoms with Crippen molar-refractivity contribution < 1.29 is 9.53 Å². The molecule has 3 nitrogen and oxygen atoms in total. The first kappa shape index (κ1) is 14.9. The van der Waals surface area contributed by atoms with Gasteiger partial charge in [-0.2, -0.15) is 0 Å². The maximum atomic E-state index is 10.9. The Morgan fingerprint density at radius 3 is 2.08 bits per heavy atom. The molecule has 0 saturated carbocycles. The van der Waals surface area contributed by atoms with Crippen LogP contribution in [-0.2, 0) is 9.53 Å². The van der Waals surface area contributed by atoms with Crippen molar-refractivity contribution in [2.24, 2.45) is 5.92 Å². The van der Waals surface area contributed by atoms with Gasteiger partial charge in [0.15, 0.2) is 0 Å². The molecule has 80 valence electrons. The van der Waals surface area contributed by atoms with E-state index in [1.165, 1.54) is 0 Å². The first-order valence-corrected chi connectivity index (χ1v) is 4.91. The second-order valence-electron chi connectivity index (χ2n) is 2.97. The van der Waals surface area contributed by atoms with Crippen LogP contribution >= 0.6 is 0 Å². The van der Waals surface area contributed by atoms with Gasteiger partial charge in [-0.3, -0.25) is 4.79 Å². The van der Waals surface area contributed by atoms with Crippen molar-refractivity contribution in [2.45, 2.75) is 40.7 Å². The van der Waals surface area contributed by atoms with E-state index in [0.29, 0.717) is 6.61 Å². The predicted molar refractivity (Wildman–Crippen MR) is 55.7 cm³/mol. The van der Waals surface area contributed by atoms with Crippen LogP contribution in [0.15, 0.2) is 0 Å². The van der Waals surface area contributed by atoms with Crippen LogP contribution in [-0.4, -0.2) is 25.7 Å². The van der Waals surface area contributed by atoms with E-state index in [0.717, 1.165) is 0 Å².